The van der Waals surface area contributed by atoms with E-state index in [4.69, 9.17) is 9.79 Å². The van der Waals surface area contributed by atoms with E-state index in [9.17, 15) is 0 Å². The Labute approximate surface area is 67.4 Å². The molecule has 0 saturated heterocycles. The molecule has 3 heteroatoms. The lowest BCUT2D eigenvalue weighted by Gasteiger charge is -2.11. The molecule has 2 nitrogen and oxygen atoms in total. The standard InChI is InChI=1S/C8H11O2P/c1-7(11(9)10)8-5-3-2-4-6-8/h2-7,9-10H,1H3. The van der Waals surface area contributed by atoms with Gasteiger partial charge in [-0.3, -0.25) is 0 Å². The fourth-order valence-electron chi connectivity index (χ4n) is 0.865. The molecular weight excluding hydrogens is 159 g/mol. The molecule has 1 aromatic carbocycles. The summed E-state index contributed by atoms with van der Waals surface area (Å²) in [6.45, 7) is 1.81. The Balaban J connectivity index is 2.77. The van der Waals surface area contributed by atoms with Gasteiger partial charge in [0.05, 0.1) is 5.66 Å². The first-order valence-corrected chi connectivity index (χ1v) is 4.75. The Morgan fingerprint density at radius 3 is 2.18 bits per heavy atom. The van der Waals surface area contributed by atoms with Gasteiger partial charge in [-0.2, -0.15) is 0 Å². The smallest absolute Gasteiger partial charge is 0.172 e. The van der Waals surface area contributed by atoms with Crippen molar-refractivity contribution in [1.82, 2.24) is 0 Å². The van der Waals surface area contributed by atoms with Crippen LogP contribution in [0.2, 0.25) is 0 Å². The van der Waals surface area contributed by atoms with Crippen LogP contribution in [0, 0.1) is 0 Å². The van der Waals surface area contributed by atoms with Crippen molar-refractivity contribution in [2.75, 3.05) is 0 Å². The molecule has 0 aliphatic heterocycles. The predicted octanol–water partition coefficient (Wildman–Crippen LogP) is 2.04. The van der Waals surface area contributed by atoms with Crippen LogP contribution in [-0.4, -0.2) is 9.79 Å². The summed E-state index contributed by atoms with van der Waals surface area (Å²) < 4.78 is 0. The molecule has 0 aromatic heterocycles. The zero-order valence-electron chi connectivity index (χ0n) is 6.31. The summed E-state index contributed by atoms with van der Waals surface area (Å²) in [5.74, 6) is 0. The van der Waals surface area contributed by atoms with Crippen molar-refractivity contribution in [2.45, 2.75) is 12.6 Å². The van der Waals surface area contributed by atoms with Crippen LogP contribution in [0.1, 0.15) is 18.1 Å². The van der Waals surface area contributed by atoms with Gasteiger partial charge in [0, 0.05) is 0 Å². The highest BCUT2D eigenvalue weighted by Crippen LogP contribution is 2.42. The lowest BCUT2D eigenvalue weighted by atomic mass is 10.2. The summed E-state index contributed by atoms with van der Waals surface area (Å²) in [7, 11) is -1.84. The quantitative estimate of drug-likeness (QED) is 0.667. The highest BCUT2D eigenvalue weighted by atomic mass is 31.2. The van der Waals surface area contributed by atoms with Crippen molar-refractivity contribution in [1.29, 1.82) is 0 Å². The summed E-state index contributed by atoms with van der Waals surface area (Å²) in [5, 5.41) is 0. The lowest BCUT2D eigenvalue weighted by Crippen LogP contribution is -1.89. The Morgan fingerprint density at radius 1 is 1.18 bits per heavy atom. The Hall–Kier alpha value is -0.430. The van der Waals surface area contributed by atoms with Gasteiger partial charge < -0.3 is 9.79 Å². The molecule has 0 heterocycles. The maximum Gasteiger partial charge on any atom is 0.172 e. The van der Waals surface area contributed by atoms with E-state index >= 15 is 0 Å². The van der Waals surface area contributed by atoms with Gasteiger partial charge in [-0.05, 0) is 12.5 Å². The van der Waals surface area contributed by atoms with Crippen molar-refractivity contribution < 1.29 is 9.79 Å². The zero-order valence-corrected chi connectivity index (χ0v) is 7.20. The molecule has 0 amide bonds. The van der Waals surface area contributed by atoms with E-state index in [0.717, 1.165) is 5.56 Å². The number of benzene rings is 1. The first kappa shape index (κ1) is 8.66. The third kappa shape index (κ3) is 2.26. The Morgan fingerprint density at radius 2 is 1.73 bits per heavy atom. The van der Waals surface area contributed by atoms with E-state index in [1.807, 2.05) is 30.3 Å². The van der Waals surface area contributed by atoms with Crippen molar-refractivity contribution in [3.63, 3.8) is 0 Å². The molecule has 11 heavy (non-hydrogen) atoms. The van der Waals surface area contributed by atoms with E-state index in [1.54, 1.807) is 6.92 Å². The monoisotopic (exact) mass is 170 g/mol. The number of hydrogen-bond acceptors (Lipinski definition) is 2. The number of rotatable bonds is 2. The molecule has 0 fully saturated rings. The summed E-state index contributed by atoms with van der Waals surface area (Å²) in [4.78, 5) is 17.8. The maximum atomic E-state index is 8.89. The highest BCUT2D eigenvalue weighted by Gasteiger charge is 2.12. The van der Waals surface area contributed by atoms with Gasteiger partial charge in [-0.1, -0.05) is 30.3 Å². The second kappa shape index (κ2) is 3.82. The molecular formula is C8H11O2P. The maximum absolute atomic E-state index is 8.89. The minimum Gasteiger partial charge on any atom is -0.350 e. The molecule has 1 atom stereocenters. The average Bonchev–Trinajstić information content (AvgIpc) is 2.05. The van der Waals surface area contributed by atoms with Crippen molar-refractivity contribution in [2.24, 2.45) is 0 Å². The van der Waals surface area contributed by atoms with Crippen LogP contribution in [-0.2, 0) is 0 Å². The SMILES string of the molecule is CC(c1ccccc1)P(O)O. The van der Waals surface area contributed by atoms with E-state index in [2.05, 4.69) is 0 Å². The summed E-state index contributed by atoms with van der Waals surface area (Å²) in [5.41, 5.74) is 0.829. The molecule has 60 valence electrons. The van der Waals surface area contributed by atoms with E-state index < -0.39 is 8.38 Å². The third-order valence-electron chi connectivity index (χ3n) is 1.63. The number of hydrogen-bond donors (Lipinski definition) is 2. The molecule has 0 bridgehead atoms. The summed E-state index contributed by atoms with van der Waals surface area (Å²) in [6, 6.07) is 9.49. The van der Waals surface area contributed by atoms with Crippen LogP contribution in [0.15, 0.2) is 30.3 Å². The van der Waals surface area contributed by atoms with Crippen LogP contribution in [0.5, 0.6) is 0 Å². The molecule has 0 radical (unpaired) electrons. The minimum atomic E-state index is -1.84. The second-order valence-electron chi connectivity index (χ2n) is 2.41. The molecule has 0 spiro atoms. The van der Waals surface area contributed by atoms with Gasteiger partial charge in [0.25, 0.3) is 0 Å². The molecule has 1 unspecified atom stereocenters. The largest absolute Gasteiger partial charge is 0.350 e. The highest BCUT2D eigenvalue weighted by molar-refractivity contribution is 7.45. The normalized spacial score (nSPS) is 13.5. The molecule has 1 rings (SSSR count). The topological polar surface area (TPSA) is 40.5 Å². The average molecular weight is 170 g/mol. The second-order valence-corrected chi connectivity index (χ2v) is 3.82. The van der Waals surface area contributed by atoms with E-state index in [0.29, 0.717) is 0 Å². The van der Waals surface area contributed by atoms with Crippen LogP contribution < -0.4 is 0 Å². The first-order chi connectivity index (χ1) is 5.22. The van der Waals surface area contributed by atoms with E-state index in [-0.39, 0.29) is 5.66 Å². The van der Waals surface area contributed by atoms with E-state index in [1.165, 1.54) is 0 Å². The van der Waals surface area contributed by atoms with Gasteiger partial charge in [0.15, 0.2) is 8.38 Å². The molecule has 1 aromatic rings. The van der Waals surface area contributed by atoms with Crippen LogP contribution in [0.4, 0.5) is 0 Å². The molecule has 0 saturated carbocycles. The van der Waals surface area contributed by atoms with Gasteiger partial charge in [-0.15, -0.1) is 0 Å². The van der Waals surface area contributed by atoms with Gasteiger partial charge in [0.2, 0.25) is 0 Å². The fourth-order valence-corrected chi connectivity index (χ4v) is 1.30. The summed E-state index contributed by atoms with van der Waals surface area (Å²) in [6.07, 6.45) is 0. The Kier molecular flexibility index (Phi) is 3.01. The molecule has 0 aliphatic rings. The first-order valence-electron chi connectivity index (χ1n) is 3.43. The fraction of sp³-hybridized carbons (Fsp3) is 0.250. The van der Waals surface area contributed by atoms with Gasteiger partial charge in [0.1, 0.15) is 0 Å². The Bertz CT molecular complexity index is 211. The lowest BCUT2D eigenvalue weighted by molar-refractivity contribution is 0.470. The summed E-state index contributed by atoms with van der Waals surface area (Å²) >= 11 is 0. The van der Waals surface area contributed by atoms with Crippen LogP contribution >= 0.6 is 8.38 Å². The molecule has 2 N–H and O–H groups in total. The zero-order chi connectivity index (χ0) is 8.27. The van der Waals surface area contributed by atoms with Crippen LogP contribution in [0.25, 0.3) is 0 Å². The third-order valence-corrected chi connectivity index (χ3v) is 2.62. The van der Waals surface area contributed by atoms with Crippen LogP contribution in [0.3, 0.4) is 0 Å². The predicted molar refractivity (Wildman–Crippen MR) is 46.2 cm³/mol. The van der Waals surface area contributed by atoms with Crippen molar-refractivity contribution >= 4 is 8.38 Å². The van der Waals surface area contributed by atoms with Gasteiger partial charge in [-0.25, -0.2) is 0 Å². The van der Waals surface area contributed by atoms with Crippen molar-refractivity contribution in [3.05, 3.63) is 35.9 Å². The molecule has 0 aliphatic carbocycles. The van der Waals surface area contributed by atoms with Crippen molar-refractivity contribution in [3.8, 4) is 0 Å². The minimum absolute atomic E-state index is 0.147. The van der Waals surface area contributed by atoms with Gasteiger partial charge >= 0.3 is 0 Å².